The van der Waals surface area contributed by atoms with Crippen LogP contribution in [0, 0.1) is 10.1 Å². The Morgan fingerprint density at radius 2 is 1.42 bits per heavy atom. The molecule has 0 N–H and O–H groups in total. The molecular formula is C24H19N3O4. The monoisotopic (exact) mass is 413 g/mol. The number of likely N-dealkylation sites (N-methyl/N-ethyl adjacent to an activating group) is 1. The van der Waals surface area contributed by atoms with Crippen molar-refractivity contribution in [1.82, 2.24) is 0 Å². The fourth-order valence-electron chi connectivity index (χ4n) is 3.67. The zero-order valence-electron chi connectivity index (χ0n) is 16.8. The number of amides is 2. The number of nitro groups is 1. The van der Waals surface area contributed by atoms with Crippen molar-refractivity contribution in [1.29, 1.82) is 0 Å². The van der Waals surface area contributed by atoms with Crippen molar-refractivity contribution in [3.05, 3.63) is 106 Å². The molecule has 0 radical (unpaired) electrons. The number of non-ortho nitro benzene ring substituents is 1. The van der Waals surface area contributed by atoms with E-state index in [2.05, 4.69) is 0 Å². The van der Waals surface area contributed by atoms with E-state index in [1.165, 1.54) is 24.3 Å². The molecule has 3 aromatic carbocycles. The van der Waals surface area contributed by atoms with Crippen molar-refractivity contribution in [2.45, 2.75) is 6.92 Å². The molecule has 31 heavy (non-hydrogen) atoms. The second-order valence-electron chi connectivity index (χ2n) is 6.89. The average Bonchev–Trinajstić information content (AvgIpc) is 3.05. The first-order valence-corrected chi connectivity index (χ1v) is 9.78. The van der Waals surface area contributed by atoms with Gasteiger partial charge in [0, 0.05) is 24.4 Å². The molecule has 0 bridgehead atoms. The molecule has 0 aromatic heterocycles. The highest BCUT2D eigenvalue weighted by Gasteiger charge is 2.42. The Hall–Kier alpha value is -4.26. The second-order valence-corrected chi connectivity index (χ2v) is 6.89. The first-order valence-electron chi connectivity index (χ1n) is 9.78. The third-order valence-electron chi connectivity index (χ3n) is 5.09. The summed E-state index contributed by atoms with van der Waals surface area (Å²) < 4.78 is 0. The number of imide groups is 1. The Labute approximate surface area is 179 Å². The number of anilines is 2. The molecule has 4 rings (SSSR count). The van der Waals surface area contributed by atoms with Gasteiger partial charge in [0.25, 0.3) is 17.5 Å². The average molecular weight is 413 g/mol. The minimum absolute atomic E-state index is 0.0852. The quantitative estimate of drug-likeness (QED) is 0.340. The zero-order chi connectivity index (χ0) is 22.0. The summed E-state index contributed by atoms with van der Waals surface area (Å²) >= 11 is 0. The molecule has 3 aromatic rings. The first kappa shape index (κ1) is 20.0. The van der Waals surface area contributed by atoms with Crippen molar-refractivity contribution in [2.24, 2.45) is 0 Å². The van der Waals surface area contributed by atoms with Crippen LogP contribution in [0.1, 0.15) is 12.5 Å². The van der Waals surface area contributed by atoms with Crippen molar-refractivity contribution in [3.63, 3.8) is 0 Å². The van der Waals surface area contributed by atoms with E-state index in [0.29, 0.717) is 17.8 Å². The number of benzene rings is 3. The minimum atomic E-state index is -0.501. The molecule has 0 fully saturated rings. The summed E-state index contributed by atoms with van der Waals surface area (Å²) in [6, 6.07) is 23.7. The molecule has 154 valence electrons. The molecule has 7 heteroatoms. The lowest BCUT2D eigenvalue weighted by molar-refractivity contribution is -0.384. The topological polar surface area (TPSA) is 83.8 Å². The lowest BCUT2D eigenvalue weighted by Gasteiger charge is -2.24. The third-order valence-corrected chi connectivity index (χ3v) is 5.09. The van der Waals surface area contributed by atoms with Gasteiger partial charge in [0.05, 0.1) is 16.2 Å². The molecule has 1 aliphatic heterocycles. The zero-order valence-corrected chi connectivity index (χ0v) is 16.8. The maximum Gasteiger partial charge on any atom is 0.282 e. The van der Waals surface area contributed by atoms with E-state index in [1.54, 1.807) is 29.2 Å². The van der Waals surface area contributed by atoms with E-state index in [1.807, 2.05) is 43.3 Å². The molecule has 2 amide bonds. The number of carbonyl (C=O) groups excluding carboxylic acids is 2. The number of nitro benzene ring substituents is 1. The van der Waals surface area contributed by atoms with Crippen LogP contribution in [0.3, 0.4) is 0 Å². The summed E-state index contributed by atoms with van der Waals surface area (Å²) in [4.78, 5) is 40.5. The largest absolute Gasteiger partial charge is 0.337 e. The molecule has 7 nitrogen and oxygen atoms in total. The molecule has 0 atom stereocenters. The van der Waals surface area contributed by atoms with E-state index in [0.717, 1.165) is 10.6 Å². The number of hydrogen-bond acceptors (Lipinski definition) is 5. The minimum Gasteiger partial charge on any atom is -0.337 e. The molecule has 0 aliphatic carbocycles. The number of nitrogens with zero attached hydrogens (tertiary/aromatic N) is 3. The molecule has 0 saturated heterocycles. The highest BCUT2D eigenvalue weighted by atomic mass is 16.6. The maximum atomic E-state index is 13.5. The summed E-state index contributed by atoms with van der Waals surface area (Å²) in [7, 11) is 0. The highest BCUT2D eigenvalue weighted by Crippen LogP contribution is 2.37. The van der Waals surface area contributed by atoms with Crippen LogP contribution in [-0.2, 0) is 9.59 Å². The van der Waals surface area contributed by atoms with Crippen molar-refractivity contribution < 1.29 is 14.5 Å². The Kier molecular flexibility index (Phi) is 5.32. The van der Waals surface area contributed by atoms with Crippen molar-refractivity contribution in [3.8, 4) is 0 Å². The summed E-state index contributed by atoms with van der Waals surface area (Å²) in [5.41, 5.74) is 2.07. The van der Waals surface area contributed by atoms with Gasteiger partial charge in [0.15, 0.2) is 0 Å². The molecular weight excluding hydrogens is 394 g/mol. The lowest BCUT2D eigenvalue weighted by atomic mass is 10.0. The van der Waals surface area contributed by atoms with E-state index >= 15 is 0 Å². The van der Waals surface area contributed by atoms with Gasteiger partial charge in [-0.3, -0.25) is 19.7 Å². The SMILES string of the molecule is CCN(C1=C(c2ccc([N+](=O)[O-])cc2)C(=O)N(c2ccccc2)C1=O)c1ccccc1. The number of hydrogen-bond donors (Lipinski definition) is 0. The van der Waals surface area contributed by atoms with Gasteiger partial charge in [-0.25, -0.2) is 4.90 Å². The summed E-state index contributed by atoms with van der Waals surface area (Å²) in [5, 5.41) is 11.0. The molecule has 1 heterocycles. The number of para-hydroxylation sites is 2. The highest BCUT2D eigenvalue weighted by molar-refractivity contribution is 6.46. The Morgan fingerprint density at radius 1 is 0.839 bits per heavy atom. The number of carbonyl (C=O) groups is 2. The smallest absolute Gasteiger partial charge is 0.282 e. The van der Waals surface area contributed by atoms with Crippen LogP contribution >= 0.6 is 0 Å². The van der Waals surface area contributed by atoms with Crippen LogP contribution in [-0.4, -0.2) is 23.3 Å². The fourth-order valence-corrected chi connectivity index (χ4v) is 3.67. The Bertz CT molecular complexity index is 1170. The van der Waals surface area contributed by atoms with Gasteiger partial charge >= 0.3 is 0 Å². The predicted octanol–water partition coefficient (Wildman–Crippen LogP) is 4.41. The van der Waals surface area contributed by atoms with Gasteiger partial charge in [-0.05, 0) is 48.9 Å². The van der Waals surface area contributed by atoms with Crippen LogP contribution < -0.4 is 9.80 Å². The van der Waals surface area contributed by atoms with E-state index in [9.17, 15) is 19.7 Å². The van der Waals surface area contributed by atoms with E-state index < -0.39 is 16.7 Å². The maximum absolute atomic E-state index is 13.5. The molecule has 1 aliphatic rings. The van der Waals surface area contributed by atoms with Crippen LogP contribution in [0.2, 0.25) is 0 Å². The second kappa shape index (κ2) is 8.23. The van der Waals surface area contributed by atoms with Crippen LogP contribution in [0.4, 0.5) is 17.1 Å². The lowest BCUT2D eigenvalue weighted by Crippen LogP contribution is -2.35. The Morgan fingerprint density at radius 3 is 1.97 bits per heavy atom. The summed E-state index contributed by atoms with van der Waals surface area (Å²) in [6.07, 6.45) is 0. The van der Waals surface area contributed by atoms with Crippen LogP contribution in [0.15, 0.2) is 90.6 Å². The normalized spacial score (nSPS) is 13.6. The van der Waals surface area contributed by atoms with Gasteiger partial charge in [0.1, 0.15) is 5.70 Å². The van der Waals surface area contributed by atoms with Crippen molar-refractivity contribution >= 4 is 34.4 Å². The van der Waals surface area contributed by atoms with E-state index in [-0.39, 0.29) is 17.0 Å². The van der Waals surface area contributed by atoms with Gasteiger partial charge in [-0.15, -0.1) is 0 Å². The van der Waals surface area contributed by atoms with Gasteiger partial charge in [-0.2, -0.15) is 0 Å². The third kappa shape index (κ3) is 3.57. The van der Waals surface area contributed by atoms with Gasteiger partial charge < -0.3 is 4.90 Å². The van der Waals surface area contributed by atoms with E-state index in [4.69, 9.17) is 0 Å². The molecule has 0 unspecified atom stereocenters. The molecule has 0 spiro atoms. The molecule has 0 saturated carbocycles. The number of rotatable bonds is 6. The predicted molar refractivity (Wildman–Crippen MR) is 118 cm³/mol. The first-order chi connectivity index (χ1) is 15.0. The van der Waals surface area contributed by atoms with Gasteiger partial charge in [0.2, 0.25) is 0 Å². The summed E-state index contributed by atoms with van der Waals surface area (Å²) in [6.45, 7) is 2.36. The van der Waals surface area contributed by atoms with Gasteiger partial charge in [-0.1, -0.05) is 36.4 Å². The standard InChI is InChI=1S/C24H19N3O4/c1-2-25(18-9-5-3-6-10-18)22-21(17-13-15-20(16-14-17)27(30)31)23(28)26(24(22)29)19-11-7-4-8-12-19/h3-16H,2H2,1H3. The fraction of sp³-hybridized carbons (Fsp3) is 0.0833. The van der Waals surface area contributed by atoms with Crippen LogP contribution in [0.25, 0.3) is 5.57 Å². The summed E-state index contributed by atoms with van der Waals surface area (Å²) in [5.74, 6) is -0.898. The van der Waals surface area contributed by atoms with Crippen molar-refractivity contribution in [2.75, 3.05) is 16.3 Å². The Balaban J connectivity index is 1.90. The van der Waals surface area contributed by atoms with Crippen LogP contribution in [0.5, 0.6) is 0 Å².